The average molecular weight is 395 g/mol. The lowest BCUT2D eigenvalue weighted by Crippen LogP contribution is -2.15. The van der Waals surface area contributed by atoms with E-state index in [4.69, 9.17) is 26.1 Å². The molecular formula is C21H19ClN4O2. The maximum Gasteiger partial charge on any atom is 0.216 e. The zero-order valence-corrected chi connectivity index (χ0v) is 16.5. The topological polar surface area (TPSA) is 51.9 Å². The van der Waals surface area contributed by atoms with Crippen LogP contribution in [0.1, 0.15) is 0 Å². The van der Waals surface area contributed by atoms with E-state index in [1.807, 2.05) is 71.1 Å². The minimum Gasteiger partial charge on any atom is -0.493 e. The number of hydrogen-bond acceptors (Lipinski definition) is 5. The maximum atomic E-state index is 6.17. The van der Waals surface area contributed by atoms with Crippen molar-refractivity contribution in [2.45, 2.75) is 0 Å². The lowest BCUT2D eigenvalue weighted by molar-refractivity contribution is 0.355. The van der Waals surface area contributed by atoms with Crippen LogP contribution in [0.2, 0.25) is 5.02 Å². The second-order valence-corrected chi connectivity index (χ2v) is 6.64. The van der Waals surface area contributed by atoms with Gasteiger partial charge in [-0.1, -0.05) is 17.7 Å². The highest BCUT2D eigenvalue weighted by Gasteiger charge is 2.15. The summed E-state index contributed by atoms with van der Waals surface area (Å²) in [4.78, 5) is 11.3. The van der Waals surface area contributed by atoms with Crippen LogP contribution in [-0.4, -0.2) is 35.6 Å². The highest BCUT2D eigenvalue weighted by Crippen LogP contribution is 2.33. The van der Waals surface area contributed by atoms with Crippen LogP contribution in [0.3, 0.4) is 0 Å². The minimum atomic E-state index is 0.648. The van der Waals surface area contributed by atoms with E-state index in [0.717, 1.165) is 28.5 Å². The third-order valence-corrected chi connectivity index (χ3v) is 4.78. The Labute approximate surface area is 167 Å². The molecule has 0 fully saturated rings. The quantitative estimate of drug-likeness (QED) is 0.485. The monoisotopic (exact) mass is 394 g/mol. The summed E-state index contributed by atoms with van der Waals surface area (Å²) < 4.78 is 12.7. The Kier molecular flexibility index (Phi) is 4.79. The first-order valence-corrected chi connectivity index (χ1v) is 9.04. The van der Waals surface area contributed by atoms with Crippen LogP contribution >= 0.6 is 11.6 Å². The van der Waals surface area contributed by atoms with Gasteiger partial charge < -0.3 is 14.4 Å². The number of nitrogens with zero attached hydrogens (tertiary/aromatic N) is 4. The number of methoxy groups -OCH3 is 2. The first-order chi connectivity index (χ1) is 13.6. The predicted octanol–water partition coefficient (Wildman–Crippen LogP) is 4.83. The molecule has 2 aromatic heterocycles. The van der Waals surface area contributed by atoms with Gasteiger partial charge in [-0.25, -0.2) is 9.97 Å². The Morgan fingerprint density at radius 1 is 1.00 bits per heavy atom. The van der Waals surface area contributed by atoms with Gasteiger partial charge in [-0.3, -0.25) is 4.40 Å². The minimum absolute atomic E-state index is 0.648. The number of hydrogen-bond donors (Lipinski definition) is 0. The number of ether oxygens (including phenoxy) is 2. The molecule has 0 saturated carbocycles. The van der Waals surface area contributed by atoms with Crippen molar-refractivity contribution < 1.29 is 9.47 Å². The van der Waals surface area contributed by atoms with E-state index in [-0.39, 0.29) is 0 Å². The fourth-order valence-corrected chi connectivity index (χ4v) is 3.27. The van der Waals surface area contributed by atoms with Gasteiger partial charge in [0, 0.05) is 41.8 Å². The molecule has 6 nitrogen and oxygen atoms in total. The van der Waals surface area contributed by atoms with Crippen LogP contribution in [-0.2, 0) is 0 Å². The Morgan fingerprint density at radius 3 is 2.57 bits per heavy atom. The molecule has 0 bridgehead atoms. The van der Waals surface area contributed by atoms with E-state index in [0.29, 0.717) is 16.5 Å². The fraction of sp³-hybridized carbons (Fsp3) is 0.143. The van der Waals surface area contributed by atoms with Crippen molar-refractivity contribution in [2.24, 2.45) is 0 Å². The zero-order valence-electron chi connectivity index (χ0n) is 15.8. The standard InChI is InChI=1S/C21H19ClN4O2/c1-25(16-6-4-5-15(22)12-16)21-24-17(13-20-23-9-10-26(20)21)14-7-8-18(27-2)19(11-14)28-3/h4-13H,1-3H3. The van der Waals surface area contributed by atoms with Gasteiger partial charge >= 0.3 is 0 Å². The molecule has 0 aliphatic carbocycles. The lowest BCUT2D eigenvalue weighted by Gasteiger charge is -2.20. The molecule has 0 aliphatic heterocycles. The number of anilines is 2. The van der Waals surface area contributed by atoms with E-state index < -0.39 is 0 Å². The van der Waals surface area contributed by atoms with Crippen molar-refractivity contribution >= 4 is 28.9 Å². The molecule has 0 atom stereocenters. The Morgan fingerprint density at radius 2 is 1.82 bits per heavy atom. The third-order valence-electron chi connectivity index (χ3n) is 4.55. The first-order valence-electron chi connectivity index (χ1n) is 8.66. The molecule has 0 radical (unpaired) electrons. The van der Waals surface area contributed by atoms with Gasteiger partial charge in [0.2, 0.25) is 5.95 Å². The van der Waals surface area contributed by atoms with Crippen molar-refractivity contribution in [1.82, 2.24) is 14.4 Å². The molecule has 0 spiro atoms. The van der Waals surface area contributed by atoms with Gasteiger partial charge in [0.1, 0.15) is 5.65 Å². The van der Waals surface area contributed by atoms with Crippen LogP contribution in [0, 0.1) is 0 Å². The van der Waals surface area contributed by atoms with Gasteiger partial charge in [0.05, 0.1) is 19.9 Å². The molecule has 0 saturated heterocycles. The van der Waals surface area contributed by atoms with Crippen LogP contribution < -0.4 is 14.4 Å². The number of rotatable bonds is 5. The van der Waals surface area contributed by atoms with Crippen molar-refractivity contribution in [1.29, 1.82) is 0 Å². The molecule has 7 heteroatoms. The highest BCUT2D eigenvalue weighted by molar-refractivity contribution is 6.30. The fourth-order valence-electron chi connectivity index (χ4n) is 3.09. The number of imidazole rings is 1. The zero-order chi connectivity index (χ0) is 19.7. The lowest BCUT2D eigenvalue weighted by atomic mass is 10.1. The Hall–Kier alpha value is -3.25. The Bertz CT molecular complexity index is 1140. The van der Waals surface area contributed by atoms with E-state index in [1.54, 1.807) is 20.4 Å². The maximum absolute atomic E-state index is 6.17. The predicted molar refractivity (Wildman–Crippen MR) is 111 cm³/mol. The van der Waals surface area contributed by atoms with Crippen LogP contribution in [0.15, 0.2) is 60.9 Å². The molecule has 4 aromatic rings. The second kappa shape index (κ2) is 7.40. The summed E-state index contributed by atoms with van der Waals surface area (Å²) in [5.41, 5.74) is 3.41. The summed E-state index contributed by atoms with van der Waals surface area (Å²) in [7, 11) is 5.18. The molecule has 4 rings (SSSR count). The summed E-state index contributed by atoms with van der Waals surface area (Å²) in [5.74, 6) is 2.04. The normalized spacial score (nSPS) is 10.9. The highest BCUT2D eigenvalue weighted by atomic mass is 35.5. The van der Waals surface area contributed by atoms with Crippen molar-refractivity contribution in [3.8, 4) is 22.8 Å². The molecule has 0 aliphatic rings. The second-order valence-electron chi connectivity index (χ2n) is 6.21. The van der Waals surface area contributed by atoms with Crippen molar-refractivity contribution in [2.75, 3.05) is 26.2 Å². The number of halogens is 1. The third kappa shape index (κ3) is 3.23. The van der Waals surface area contributed by atoms with Gasteiger partial charge in [-0.05, 0) is 36.4 Å². The number of fused-ring (bicyclic) bond motifs is 1. The average Bonchev–Trinajstić information content (AvgIpc) is 3.20. The van der Waals surface area contributed by atoms with E-state index in [2.05, 4.69) is 4.98 Å². The van der Waals surface area contributed by atoms with E-state index in [9.17, 15) is 0 Å². The SMILES string of the molecule is COc1ccc(-c2cc3nccn3c(N(C)c3cccc(Cl)c3)n2)cc1OC. The Balaban J connectivity index is 1.86. The molecule has 28 heavy (non-hydrogen) atoms. The van der Waals surface area contributed by atoms with E-state index >= 15 is 0 Å². The summed E-state index contributed by atoms with van der Waals surface area (Å²) in [6, 6.07) is 15.3. The van der Waals surface area contributed by atoms with Gasteiger partial charge in [-0.15, -0.1) is 0 Å². The van der Waals surface area contributed by atoms with Crippen LogP contribution in [0.4, 0.5) is 11.6 Å². The van der Waals surface area contributed by atoms with Crippen molar-refractivity contribution in [3.05, 3.63) is 65.9 Å². The van der Waals surface area contributed by atoms with Gasteiger partial charge in [0.15, 0.2) is 11.5 Å². The van der Waals surface area contributed by atoms with Gasteiger partial charge in [-0.2, -0.15) is 0 Å². The molecule has 0 unspecified atom stereocenters. The first kappa shape index (κ1) is 18.1. The summed E-state index contributed by atoms with van der Waals surface area (Å²) in [6.45, 7) is 0. The molecule has 2 aromatic carbocycles. The van der Waals surface area contributed by atoms with Crippen LogP contribution in [0.25, 0.3) is 16.9 Å². The van der Waals surface area contributed by atoms with Gasteiger partial charge in [0.25, 0.3) is 0 Å². The molecule has 2 heterocycles. The summed E-state index contributed by atoms with van der Waals surface area (Å²) in [5, 5.41) is 0.669. The molecule has 0 N–H and O–H groups in total. The molecular weight excluding hydrogens is 376 g/mol. The molecule has 0 amide bonds. The number of benzene rings is 2. The molecule has 142 valence electrons. The number of aromatic nitrogens is 3. The summed E-state index contributed by atoms with van der Waals surface area (Å²) >= 11 is 6.17. The smallest absolute Gasteiger partial charge is 0.216 e. The largest absolute Gasteiger partial charge is 0.493 e. The van der Waals surface area contributed by atoms with E-state index in [1.165, 1.54) is 0 Å². The van der Waals surface area contributed by atoms with Crippen molar-refractivity contribution in [3.63, 3.8) is 0 Å². The van der Waals surface area contributed by atoms with Crippen LogP contribution in [0.5, 0.6) is 11.5 Å². The summed E-state index contributed by atoms with van der Waals surface area (Å²) in [6.07, 6.45) is 3.64.